The summed E-state index contributed by atoms with van der Waals surface area (Å²) in [7, 11) is -16.5. The Hall–Kier alpha value is -2.60. The first-order valence-corrected chi connectivity index (χ1v) is 24.9. The molecule has 0 radical (unpaired) electrons. The lowest BCUT2D eigenvalue weighted by molar-refractivity contribution is -0.273. The Bertz CT molecular complexity index is 2070. The lowest BCUT2D eigenvalue weighted by Crippen LogP contribution is -2.48. The molecule has 0 aromatic carbocycles. The molecule has 2 aliphatic heterocycles. The highest BCUT2D eigenvalue weighted by Crippen LogP contribution is 2.61. The van der Waals surface area contributed by atoms with Gasteiger partial charge in [-0.3, -0.25) is 32.5 Å². The van der Waals surface area contributed by atoms with Crippen molar-refractivity contribution in [3.05, 3.63) is 12.7 Å². The van der Waals surface area contributed by atoms with E-state index in [1.54, 1.807) is 13.8 Å². The predicted octanol–water partition coefficient (Wildman–Crippen LogP) is -1.29. The molecule has 364 valence electrons. The minimum absolute atomic E-state index is 0.0205. The molecule has 0 spiro atoms. The highest BCUT2D eigenvalue weighted by atomic mass is 32.2. The number of hydrogen-bond acceptors (Lipinski definition) is 22. The number of phosphoric ester groups is 3. The van der Waals surface area contributed by atoms with Gasteiger partial charge in [0.05, 0.1) is 37.9 Å². The second kappa shape index (κ2) is 22.9. The van der Waals surface area contributed by atoms with Gasteiger partial charge < -0.3 is 70.6 Å². The number of nitrogen functional groups attached to an aromatic ring is 1. The Kier molecular flexibility index (Phi) is 19.4. The standard InChI is InChI=1S/C32H54N7O21P3S/c1-16(56-31-19(41)11-18(40)17(2)57-31)5-6-22(43)64-10-9-34-21(42)7-8-35-29(46)26(45)32(3,4)13-55-63(52,53)60-62(50,51)54-12-20-25(59-61(47,48)49)24(44)30(58-20)39-15-38-23-27(33)36-14-37-28(23)39/h14-20,24-26,30-31,40-41,44-45H,5-13H2,1-4H3,(H,34,42)(H,35,46)(H,50,51)(H,52,53)(H2,33,36,37)(H2,47,48,49)/t16-,17+,18-,19-,20-,24-,25-,26+,30-,31-/m1/s1. The number of fused-ring (bicyclic) bond motifs is 1. The number of carbonyl (C=O) groups excluding carboxylic acids is 3. The Balaban J connectivity index is 1.15. The second-order valence-corrected chi connectivity index (χ2v) is 20.7. The maximum atomic E-state index is 12.7. The van der Waals surface area contributed by atoms with Crippen molar-refractivity contribution >= 4 is 69.1 Å². The van der Waals surface area contributed by atoms with Gasteiger partial charge in [0.1, 0.15) is 42.4 Å². The van der Waals surface area contributed by atoms with Crippen LogP contribution in [-0.4, -0.2) is 164 Å². The van der Waals surface area contributed by atoms with E-state index in [0.717, 1.165) is 29.0 Å². The van der Waals surface area contributed by atoms with Crippen LogP contribution in [0.25, 0.3) is 11.2 Å². The summed E-state index contributed by atoms with van der Waals surface area (Å²) in [5.41, 5.74) is 4.21. The van der Waals surface area contributed by atoms with Crippen LogP contribution in [0.1, 0.15) is 59.6 Å². The number of aliphatic hydroxyl groups excluding tert-OH is 4. The summed E-state index contributed by atoms with van der Waals surface area (Å²) in [6, 6.07) is 0. The third-order valence-corrected chi connectivity index (χ3v) is 13.6. The fraction of sp³-hybridized carbons (Fsp3) is 0.750. The highest BCUT2D eigenvalue weighted by molar-refractivity contribution is 8.13. The summed E-state index contributed by atoms with van der Waals surface area (Å²) in [5.74, 6) is -1.29. The molecule has 4 rings (SSSR count). The van der Waals surface area contributed by atoms with Crippen molar-refractivity contribution in [2.75, 3.05) is 37.8 Å². The predicted molar refractivity (Wildman–Crippen MR) is 218 cm³/mol. The Morgan fingerprint density at radius 2 is 1.69 bits per heavy atom. The number of hydrogen-bond donors (Lipinski definition) is 11. The van der Waals surface area contributed by atoms with Crippen LogP contribution in [0.5, 0.6) is 0 Å². The molecule has 0 saturated carbocycles. The number of ether oxygens (including phenoxy) is 3. The van der Waals surface area contributed by atoms with Crippen molar-refractivity contribution in [3.8, 4) is 0 Å². The Morgan fingerprint density at radius 3 is 2.38 bits per heavy atom. The fourth-order valence-corrected chi connectivity index (χ4v) is 9.57. The molecule has 28 nitrogen and oxygen atoms in total. The Morgan fingerprint density at radius 1 is 1.00 bits per heavy atom. The molecule has 2 amide bonds. The summed E-state index contributed by atoms with van der Waals surface area (Å²) < 4.78 is 73.4. The number of imidazole rings is 1. The summed E-state index contributed by atoms with van der Waals surface area (Å²) in [5, 5.41) is 46.1. The van der Waals surface area contributed by atoms with Crippen LogP contribution >= 0.6 is 35.2 Å². The van der Waals surface area contributed by atoms with Gasteiger partial charge in [-0.15, -0.1) is 0 Å². The maximum absolute atomic E-state index is 12.7. The molecule has 2 aliphatic rings. The van der Waals surface area contributed by atoms with Crippen LogP contribution in [0.4, 0.5) is 5.82 Å². The molecule has 64 heavy (non-hydrogen) atoms. The molecule has 2 aromatic rings. The molecule has 32 heteroatoms. The SMILES string of the molecule is C[C@H](CCC(=O)SCCNC(=O)CCNC(=O)[C@H](O)C(C)(C)COP(=O)(O)OP(=O)(O)OC[C@H]1O[C@@H](n2cnc3c(N)ncnc32)[C@H](O)[C@@H]1OP(=O)(O)O)O[C@@H]1O[C@@H](C)[C@H](O)C[C@H]1O. The first kappa shape index (κ1) is 54.0. The number of phosphoric acid groups is 3. The minimum Gasteiger partial charge on any atom is -0.390 e. The van der Waals surface area contributed by atoms with Crippen LogP contribution in [0.2, 0.25) is 0 Å². The van der Waals surface area contributed by atoms with E-state index in [2.05, 4.69) is 34.4 Å². The fourth-order valence-electron chi connectivity index (χ4n) is 6.05. The minimum atomic E-state index is -5.60. The number of amides is 2. The van der Waals surface area contributed by atoms with Crippen molar-refractivity contribution in [1.29, 1.82) is 0 Å². The van der Waals surface area contributed by atoms with Gasteiger partial charge in [-0.1, -0.05) is 25.6 Å². The van der Waals surface area contributed by atoms with Gasteiger partial charge >= 0.3 is 23.5 Å². The molecule has 2 unspecified atom stereocenters. The van der Waals surface area contributed by atoms with E-state index in [0.29, 0.717) is 6.42 Å². The molecule has 2 fully saturated rings. The zero-order valence-electron chi connectivity index (χ0n) is 34.8. The summed E-state index contributed by atoms with van der Waals surface area (Å²) in [6.07, 6.45) is -10.1. The first-order chi connectivity index (χ1) is 29.7. The molecular weight excluding hydrogens is 943 g/mol. The van der Waals surface area contributed by atoms with Crippen molar-refractivity contribution in [2.24, 2.45) is 5.41 Å². The number of anilines is 1. The van der Waals surface area contributed by atoms with Gasteiger partial charge in [0.2, 0.25) is 11.8 Å². The molecular formula is C32H54N7O21P3S. The summed E-state index contributed by atoms with van der Waals surface area (Å²) in [6.45, 7) is 3.68. The van der Waals surface area contributed by atoms with E-state index < -0.39 is 115 Å². The van der Waals surface area contributed by atoms with Crippen LogP contribution < -0.4 is 16.4 Å². The molecule has 0 bridgehead atoms. The molecule has 12 atom stereocenters. The van der Waals surface area contributed by atoms with E-state index in [1.807, 2.05) is 0 Å². The van der Waals surface area contributed by atoms with Gasteiger partial charge in [-0.25, -0.2) is 28.6 Å². The number of nitrogens with zero attached hydrogens (tertiary/aromatic N) is 4. The monoisotopic (exact) mass is 997 g/mol. The van der Waals surface area contributed by atoms with Gasteiger partial charge in [0.15, 0.2) is 29.1 Å². The summed E-state index contributed by atoms with van der Waals surface area (Å²) >= 11 is 0.990. The number of aromatic nitrogens is 4. The number of nitrogens with two attached hydrogens (primary N) is 1. The van der Waals surface area contributed by atoms with E-state index in [-0.39, 0.29) is 60.2 Å². The van der Waals surface area contributed by atoms with Gasteiger partial charge in [0, 0.05) is 43.5 Å². The summed E-state index contributed by atoms with van der Waals surface area (Å²) in [4.78, 5) is 88.3. The van der Waals surface area contributed by atoms with E-state index in [1.165, 1.54) is 13.8 Å². The molecule has 12 N–H and O–H groups in total. The first-order valence-electron chi connectivity index (χ1n) is 19.4. The third kappa shape index (κ3) is 16.0. The molecule has 0 aliphatic carbocycles. The topological polar surface area (TPSA) is 423 Å². The van der Waals surface area contributed by atoms with Crippen molar-refractivity contribution in [3.63, 3.8) is 0 Å². The number of thioether (sulfide) groups is 1. The third-order valence-electron chi connectivity index (χ3n) is 9.57. The van der Waals surface area contributed by atoms with Gasteiger partial charge in [-0.05, 0) is 20.3 Å². The lowest BCUT2D eigenvalue weighted by atomic mass is 9.87. The lowest BCUT2D eigenvalue weighted by Gasteiger charge is -2.36. The van der Waals surface area contributed by atoms with Crippen LogP contribution in [0, 0.1) is 5.41 Å². The van der Waals surface area contributed by atoms with Crippen molar-refractivity contribution in [2.45, 2.75) is 115 Å². The van der Waals surface area contributed by atoms with E-state index in [4.69, 9.17) is 29.0 Å². The van der Waals surface area contributed by atoms with Gasteiger partial charge in [-0.2, -0.15) is 4.31 Å². The molecule has 2 saturated heterocycles. The van der Waals surface area contributed by atoms with Crippen LogP contribution in [0.3, 0.4) is 0 Å². The van der Waals surface area contributed by atoms with E-state index in [9.17, 15) is 68.1 Å². The average Bonchev–Trinajstić information content (AvgIpc) is 3.75. The van der Waals surface area contributed by atoms with Crippen molar-refractivity contribution in [1.82, 2.24) is 30.2 Å². The van der Waals surface area contributed by atoms with Crippen LogP contribution in [-0.2, 0) is 60.2 Å². The number of aliphatic hydroxyl groups is 4. The maximum Gasteiger partial charge on any atom is 0.481 e. The quantitative estimate of drug-likeness (QED) is 0.0430. The van der Waals surface area contributed by atoms with Crippen LogP contribution in [0.15, 0.2) is 12.7 Å². The molecule has 2 aromatic heterocycles. The van der Waals surface area contributed by atoms with Crippen molar-refractivity contribution < 1.29 is 100 Å². The number of carbonyl (C=O) groups is 3. The number of rotatable bonds is 24. The smallest absolute Gasteiger partial charge is 0.390 e. The van der Waals surface area contributed by atoms with Gasteiger partial charge in [0.25, 0.3) is 0 Å². The molecule has 4 heterocycles. The Labute approximate surface area is 369 Å². The highest BCUT2D eigenvalue weighted by Gasteiger charge is 2.50. The van der Waals surface area contributed by atoms with E-state index >= 15 is 0 Å². The average molecular weight is 998 g/mol. The number of nitrogens with one attached hydrogen (secondary N) is 2. The zero-order chi connectivity index (χ0) is 47.8. The largest absolute Gasteiger partial charge is 0.481 e. The zero-order valence-corrected chi connectivity index (χ0v) is 38.3. The normalized spacial score (nSPS) is 27.1. The second-order valence-electron chi connectivity index (χ2n) is 15.4.